The highest BCUT2D eigenvalue weighted by Gasteiger charge is 2.22. The molecule has 0 aliphatic carbocycles. The third kappa shape index (κ3) is 5.20. The first kappa shape index (κ1) is 20.1. The number of nitrogens with zero attached hydrogens (tertiary/aromatic N) is 2. The summed E-state index contributed by atoms with van der Waals surface area (Å²) in [6.45, 7) is 9.27. The van der Waals surface area contributed by atoms with E-state index in [2.05, 4.69) is 17.1 Å². The number of piperazine rings is 1. The Labute approximate surface area is 167 Å². The first-order chi connectivity index (χ1) is 13.4. The normalized spacial score (nSPS) is 14.8. The molecule has 148 valence electrons. The minimum absolute atomic E-state index is 0.0112. The van der Waals surface area contributed by atoms with E-state index in [1.807, 2.05) is 61.2 Å². The molecule has 0 atom stereocenters. The molecule has 0 saturated carbocycles. The van der Waals surface area contributed by atoms with Gasteiger partial charge in [-0.15, -0.1) is 0 Å². The monoisotopic (exact) mass is 379 g/mol. The average Bonchev–Trinajstić information content (AvgIpc) is 2.67. The minimum Gasteiger partial charge on any atom is -0.340 e. The van der Waals surface area contributed by atoms with Crippen molar-refractivity contribution in [2.24, 2.45) is 0 Å². The number of amides is 2. The van der Waals surface area contributed by atoms with E-state index in [1.54, 1.807) is 0 Å². The summed E-state index contributed by atoms with van der Waals surface area (Å²) in [5, 5.41) is 2.97. The maximum atomic E-state index is 12.6. The molecule has 1 aliphatic heterocycles. The molecule has 0 unspecified atom stereocenters. The van der Waals surface area contributed by atoms with E-state index < -0.39 is 0 Å². The summed E-state index contributed by atoms with van der Waals surface area (Å²) < 4.78 is 0. The fourth-order valence-electron chi connectivity index (χ4n) is 3.46. The summed E-state index contributed by atoms with van der Waals surface area (Å²) in [5.41, 5.74) is 5.45. The van der Waals surface area contributed by atoms with Gasteiger partial charge in [0.2, 0.25) is 11.8 Å². The van der Waals surface area contributed by atoms with Gasteiger partial charge in [-0.25, -0.2) is 0 Å². The van der Waals surface area contributed by atoms with Gasteiger partial charge in [-0.2, -0.15) is 0 Å². The van der Waals surface area contributed by atoms with E-state index in [4.69, 9.17) is 0 Å². The van der Waals surface area contributed by atoms with Gasteiger partial charge in [0.15, 0.2) is 0 Å². The molecule has 1 saturated heterocycles. The van der Waals surface area contributed by atoms with Crippen LogP contribution in [-0.2, 0) is 16.0 Å². The van der Waals surface area contributed by atoms with Crippen molar-refractivity contribution in [2.75, 3.05) is 38.0 Å². The number of rotatable bonds is 5. The summed E-state index contributed by atoms with van der Waals surface area (Å²) in [6, 6.07) is 14.0. The van der Waals surface area contributed by atoms with Crippen molar-refractivity contribution in [2.45, 2.75) is 27.2 Å². The van der Waals surface area contributed by atoms with Crippen molar-refractivity contribution < 1.29 is 9.59 Å². The average molecular weight is 380 g/mol. The predicted molar refractivity (Wildman–Crippen MR) is 112 cm³/mol. The maximum Gasteiger partial charge on any atom is 0.238 e. The van der Waals surface area contributed by atoms with Gasteiger partial charge < -0.3 is 10.2 Å². The molecule has 0 spiro atoms. The molecule has 0 radical (unpaired) electrons. The molecule has 2 amide bonds. The van der Waals surface area contributed by atoms with E-state index in [0.717, 1.165) is 29.9 Å². The van der Waals surface area contributed by atoms with E-state index in [9.17, 15) is 9.59 Å². The SMILES string of the molecule is Cc1ccc(NC(=O)CN2CCN(C(=O)Cc3ccccc3C)CC2)cc1C. The van der Waals surface area contributed by atoms with Crippen molar-refractivity contribution in [3.8, 4) is 0 Å². The molecule has 5 heteroatoms. The lowest BCUT2D eigenvalue weighted by Crippen LogP contribution is -2.50. The topological polar surface area (TPSA) is 52.7 Å². The van der Waals surface area contributed by atoms with E-state index in [1.165, 1.54) is 11.1 Å². The molecular formula is C23H29N3O2. The minimum atomic E-state index is -0.0112. The molecular weight excluding hydrogens is 350 g/mol. The second-order valence-corrected chi connectivity index (χ2v) is 7.61. The second kappa shape index (κ2) is 9.02. The van der Waals surface area contributed by atoms with Gasteiger partial charge in [-0.3, -0.25) is 14.5 Å². The van der Waals surface area contributed by atoms with Crippen LogP contribution in [0, 0.1) is 20.8 Å². The van der Waals surface area contributed by atoms with Crippen LogP contribution in [0.2, 0.25) is 0 Å². The second-order valence-electron chi connectivity index (χ2n) is 7.61. The zero-order valence-corrected chi connectivity index (χ0v) is 17.0. The third-order valence-electron chi connectivity index (χ3n) is 5.49. The van der Waals surface area contributed by atoms with Crippen LogP contribution in [0.4, 0.5) is 5.69 Å². The summed E-state index contributed by atoms with van der Waals surface area (Å²) >= 11 is 0. The van der Waals surface area contributed by atoms with E-state index in [-0.39, 0.29) is 11.8 Å². The number of hydrogen-bond donors (Lipinski definition) is 1. The van der Waals surface area contributed by atoms with Crippen molar-refractivity contribution in [3.05, 3.63) is 64.7 Å². The molecule has 2 aromatic carbocycles. The smallest absolute Gasteiger partial charge is 0.238 e. The van der Waals surface area contributed by atoms with Crippen LogP contribution in [0.15, 0.2) is 42.5 Å². The van der Waals surface area contributed by atoms with Gasteiger partial charge in [-0.1, -0.05) is 30.3 Å². The molecule has 5 nitrogen and oxygen atoms in total. The molecule has 1 aliphatic rings. The Morgan fingerprint density at radius 2 is 1.61 bits per heavy atom. The maximum absolute atomic E-state index is 12.6. The van der Waals surface area contributed by atoms with Crippen LogP contribution in [0.3, 0.4) is 0 Å². The Hall–Kier alpha value is -2.66. The Balaban J connectivity index is 1.45. The summed E-state index contributed by atoms with van der Waals surface area (Å²) in [4.78, 5) is 28.9. The molecule has 2 aromatic rings. The summed E-state index contributed by atoms with van der Waals surface area (Å²) in [7, 11) is 0. The summed E-state index contributed by atoms with van der Waals surface area (Å²) in [6.07, 6.45) is 0.444. The molecule has 0 bridgehead atoms. The van der Waals surface area contributed by atoms with Gasteiger partial charge in [0, 0.05) is 31.9 Å². The lowest BCUT2D eigenvalue weighted by Gasteiger charge is -2.34. The van der Waals surface area contributed by atoms with Gasteiger partial charge >= 0.3 is 0 Å². The van der Waals surface area contributed by atoms with E-state index in [0.29, 0.717) is 26.1 Å². The highest BCUT2D eigenvalue weighted by molar-refractivity contribution is 5.92. The van der Waals surface area contributed by atoms with Crippen LogP contribution < -0.4 is 5.32 Å². The highest BCUT2D eigenvalue weighted by Crippen LogP contribution is 2.15. The van der Waals surface area contributed by atoms with Gasteiger partial charge in [0.25, 0.3) is 0 Å². The summed E-state index contributed by atoms with van der Waals surface area (Å²) in [5.74, 6) is 0.150. The first-order valence-electron chi connectivity index (χ1n) is 9.84. The number of aryl methyl sites for hydroxylation is 3. The van der Waals surface area contributed by atoms with Crippen LogP contribution in [0.1, 0.15) is 22.3 Å². The van der Waals surface area contributed by atoms with Crippen molar-refractivity contribution in [1.29, 1.82) is 0 Å². The Bertz CT molecular complexity index is 855. The number of anilines is 1. The van der Waals surface area contributed by atoms with Gasteiger partial charge in [0.05, 0.1) is 13.0 Å². The predicted octanol–water partition coefficient (Wildman–Crippen LogP) is 2.94. The van der Waals surface area contributed by atoms with Crippen LogP contribution in [0.25, 0.3) is 0 Å². The highest BCUT2D eigenvalue weighted by atomic mass is 16.2. The van der Waals surface area contributed by atoms with Crippen molar-refractivity contribution >= 4 is 17.5 Å². The van der Waals surface area contributed by atoms with Crippen molar-refractivity contribution in [3.63, 3.8) is 0 Å². The van der Waals surface area contributed by atoms with Gasteiger partial charge in [-0.05, 0) is 55.2 Å². The Morgan fingerprint density at radius 1 is 0.893 bits per heavy atom. The molecule has 28 heavy (non-hydrogen) atoms. The number of carbonyl (C=O) groups excluding carboxylic acids is 2. The standard InChI is InChI=1S/C23H29N3O2/c1-17-8-9-21(14-19(17)3)24-22(27)16-25-10-12-26(13-11-25)23(28)15-20-7-5-4-6-18(20)2/h4-9,14H,10-13,15-16H2,1-3H3,(H,24,27). The van der Waals surface area contributed by atoms with Gasteiger partial charge in [0.1, 0.15) is 0 Å². The third-order valence-corrected chi connectivity index (χ3v) is 5.49. The lowest BCUT2D eigenvalue weighted by molar-refractivity contribution is -0.132. The molecule has 1 N–H and O–H groups in total. The number of hydrogen-bond acceptors (Lipinski definition) is 3. The number of carbonyl (C=O) groups is 2. The largest absolute Gasteiger partial charge is 0.340 e. The van der Waals surface area contributed by atoms with Crippen LogP contribution >= 0.6 is 0 Å². The quantitative estimate of drug-likeness (QED) is 0.869. The van der Waals surface area contributed by atoms with Crippen molar-refractivity contribution in [1.82, 2.24) is 9.80 Å². The first-order valence-corrected chi connectivity index (χ1v) is 9.84. The fourth-order valence-corrected chi connectivity index (χ4v) is 3.46. The molecule has 0 aromatic heterocycles. The zero-order valence-electron chi connectivity index (χ0n) is 17.0. The van der Waals surface area contributed by atoms with Crippen LogP contribution in [-0.4, -0.2) is 54.3 Å². The number of benzene rings is 2. The van der Waals surface area contributed by atoms with E-state index >= 15 is 0 Å². The Kier molecular flexibility index (Phi) is 6.47. The molecule has 1 heterocycles. The fraction of sp³-hybridized carbons (Fsp3) is 0.391. The molecule has 1 fully saturated rings. The van der Waals surface area contributed by atoms with Crippen LogP contribution in [0.5, 0.6) is 0 Å². The molecule has 3 rings (SSSR count). The zero-order chi connectivity index (χ0) is 20.1. The lowest BCUT2D eigenvalue weighted by atomic mass is 10.1. The number of nitrogens with one attached hydrogen (secondary N) is 1. The Morgan fingerprint density at radius 3 is 2.29 bits per heavy atom.